The number of halogens is 3. The first-order valence-electron chi connectivity index (χ1n) is 6.44. The van der Waals surface area contributed by atoms with E-state index < -0.39 is 0 Å². The predicted molar refractivity (Wildman–Crippen MR) is 85.5 cm³/mol. The van der Waals surface area contributed by atoms with Gasteiger partial charge in [0.15, 0.2) is 0 Å². The van der Waals surface area contributed by atoms with Crippen molar-refractivity contribution in [2.75, 3.05) is 0 Å². The van der Waals surface area contributed by atoms with Crippen molar-refractivity contribution < 1.29 is 4.39 Å². The van der Waals surface area contributed by atoms with Gasteiger partial charge in [0.2, 0.25) is 0 Å². The number of hydrogen-bond donors (Lipinski definition) is 1. The highest BCUT2D eigenvalue weighted by Gasteiger charge is 2.14. The molecule has 0 aromatic heterocycles. The topological polar surface area (TPSA) is 12.0 Å². The molecule has 0 saturated carbocycles. The predicted octanol–water partition coefficient (Wildman–Crippen LogP) is 5.65. The minimum atomic E-state index is -0.314. The van der Waals surface area contributed by atoms with E-state index in [9.17, 15) is 4.39 Å². The van der Waals surface area contributed by atoms with E-state index >= 15 is 0 Å². The van der Waals surface area contributed by atoms with Crippen LogP contribution in [-0.2, 0) is 0 Å². The highest BCUT2D eigenvalue weighted by atomic mass is 79.9. The van der Waals surface area contributed by atoms with E-state index in [-0.39, 0.29) is 17.9 Å². The second-order valence-electron chi connectivity index (χ2n) is 4.83. The largest absolute Gasteiger partial charge is 0.304 e. The van der Waals surface area contributed by atoms with Crippen molar-refractivity contribution in [3.05, 3.63) is 68.9 Å². The van der Waals surface area contributed by atoms with E-state index in [0.717, 1.165) is 10.0 Å². The lowest BCUT2D eigenvalue weighted by atomic mass is 10.0. The Labute approximate surface area is 132 Å². The first-order valence-corrected chi connectivity index (χ1v) is 7.61. The van der Waals surface area contributed by atoms with Crippen molar-refractivity contribution in [1.82, 2.24) is 5.32 Å². The fourth-order valence-corrected chi connectivity index (χ4v) is 2.94. The summed E-state index contributed by atoms with van der Waals surface area (Å²) >= 11 is 9.56. The zero-order valence-corrected chi connectivity index (χ0v) is 13.7. The Hall–Kier alpha value is -0.900. The molecule has 2 rings (SSSR count). The molecular weight excluding hydrogens is 341 g/mol. The standard InChI is InChI=1S/C16H16BrClFN/c1-10(12-4-3-5-13(17)8-12)20-11(2)15-7-6-14(19)9-16(15)18/h3-11,20H,1-2H3. The molecule has 1 nitrogen and oxygen atoms in total. The first kappa shape index (κ1) is 15.5. The van der Waals surface area contributed by atoms with Gasteiger partial charge in [-0.1, -0.05) is 45.7 Å². The maximum atomic E-state index is 13.1. The van der Waals surface area contributed by atoms with Crippen molar-refractivity contribution >= 4 is 27.5 Å². The van der Waals surface area contributed by atoms with Gasteiger partial charge in [0.05, 0.1) is 0 Å². The fraction of sp³-hybridized carbons (Fsp3) is 0.250. The van der Waals surface area contributed by atoms with E-state index in [1.54, 1.807) is 6.07 Å². The Kier molecular flexibility index (Phi) is 5.19. The average molecular weight is 357 g/mol. The number of rotatable bonds is 4. The summed E-state index contributed by atoms with van der Waals surface area (Å²) in [6, 6.07) is 12.9. The molecule has 0 aliphatic rings. The number of hydrogen-bond acceptors (Lipinski definition) is 1. The van der Waals surface area contributed by atoms with Crippen LogP contribution in [0.5, 0.6) is 0 Å². The van der Waals surface area contributed by atoms with Crippen LogP contribution >= 0.6 is 27.5 Å². The zero-order chi connectivity index (χ0) is 14.7. The van der Waals surface area contributed by atoms with Crippen LogP contribution in [0.2, 0.25) is 5.02 Å². The van der Waals surface area contributed by atoms with Crippen LogP contribution in [0.1, 0.15) is 37.1 Å². The van der Waals surface area contributed by atoms with Gasteiger partial charge in [0.1, 0.15) is 5.82 Å². The van der Waals surface area contributed by atoms with Gasteiger partial charge in [0, 0.05) is 21.6 Å². The Morgan fingerprint density at radius 3 is 2.50 bits per heavy atom. The molecule has 20 heavy (non-hydrogen) atoms. The maximum Gasteiger partial charge on any atom is 0.124 e. The summed E-state index contributed by atoms with van der Waals surface area (Å²) in [6.07, 6.45) is 0. The van der Waals surface area contributed by atoms with Crippen LogP contribution in [0.15, 0.2) is 46.9 Å². The minimum absolute atomic E-state index is 0.0390. The Morgan fingerprint density at radius 2 is 1.85 bits per heavy atom. The number of nitrogens with one attached hydrogen (secondary N) is 1. The van der Waals surface area contributed by atoms with Crippen molar-refractivity contribution in [2.24, 2.45) is 0 Å². The van der Waals surface area contributed by atoms with Crippen LogP contribution in [0.4, 0.5) is 4.39 Å². The lowest BCUT2D eigenvalue weighted by Gasteiger charge is -2.21. The van der Waals surface area contributed by atoms with Gasteiger partial charge in [-0.15, -0.1) is 0 Å². The summed E-state index contributed by atoms with van der Waals surface area (Å²) in [7, 11) is 0. The van der Waals surface area contributed by atoms with Gasteiger partial charge in [-0.2, -0.15) is 0 Å². The van der Waals surface area contributed by atoms with Gasteiger partial charge >= 0.3 is 0 Å². The molecular formula is C16H16BrClFN. The number of benzene rings is 2. The molecule has 0 saturated heterocycles. The molecule has 2 atom stereocenters. The molecule has 0 fully saturated rings. The second kappa shape index (κ2) is 6.70. The molecule has 0 aliphatic heterocycles. The van der Waals surface area contributed by atoms with E-state index in [4.69, 9.17) is 11.6 Å². The molecule has 0 amide bonds. The summed E-state index contributed by atoms with van der Waals surface area (Å²) < 4.78 is 14.1. The molecule has 0 spiro atoms. The molecule has 2 aromatic carbocycles. The van der Waals surface area contributed by atoms with Gasteiger partial charge in [0.25, 0.3) is 0 Å². The highest BCUT2D eigenvalue weighted by Crippen LogP contribution is 2.26. The zero-order valence-electron chi connectivity index (χ0n) is 11.3. The molecule has 0 aliphatic carbocycles. The first-order chi connectivity index (χ1) is 9.47. The van der Waals surface area contributed by atoms with Crippen LogP contribution in [0.25, 0.3) is 0 Å². The van der Waals surface area contributed by atoms with Crippen molar-refractivity contribution in [3.8, 4) is 0 Å². The van der Waals surface area contributed by atoms with Crippen molar-refractivity contribution in [3.63, 3.8) is 0 Å². The summed E-state index contributed by atoms with van der Waals surface area (Å²) in [5, 5.41) is 3.92. The van der Waals surface area contributed by atoms with Crippen molar-refractivity contribution in [1.29, 1.82) is 0 Å². The van der Waals surface area contributed by atoms with Gasteiger partial charge in [-0.05, 0) is 49.2 Å². The Morgan fingerprint density at radius 1 is 1.10 bits per heavy atom. The summed E-state index contributed by atoms with van der Waals surface area (Å²) in [5.41, 5.74) is 2.08. The molecule has 2 unspecified atom stereocenters. The Bertz CT molecular complexity index is 603. The average Bonchev–Trinajstić information content (AvgIpc) is 2.38. The van der Waals surface area contributed by atoms with E-state index in [2.05, 4.69) is 40.3 Å². The van der Waals surface area contributed by atoms with Gasteiger partial charge in [-0.25, -0.2) is 4.39 Å². The third-order valence-corrected chi connectivity index (χ3v) is 4.10. The van der Waals surface area contributed by atoms with E-state index in [1.165, 1.54) is 17.7 Å². The van der Waals surface area contributed by atoms with Crippen molar-refractivity contribution in [2.45, 2.75) is 25.9 Å². The van der Waals surface area contributed by atoms with Crippen LogP contribution in [0, 0.1) is 5.82 Å². The monoisotopic (exact) mass is 355 g/mol. The fourth-order valence-electron chi connectivity index (χ4n) is 2.19. The summed E-state index contributed by atoms with van der Waals surface area (Å²) in [4.78, 5) is 0. The molecule has 0 bridgehead atoms. The maximum absolute atomic E-state index is 13.1. The second-order valence-corrected chi connectivity index (χ2v) is 6.15. The van der Waals surface area contributed by atoms with Crippen LogP contribution < -0.4 is 5.32 Å². The third kappa shape index (κ3) is 3.81. The Balaban J connectivity index is 2.12. The van der Waals surface area contributed by atoms with E-state index in [0.29, 0.717) is 5.02 Å². The van der Waals surface area contributed by atoms with Gasteiger partial charge < -0.3 is 5.32 Å². The molecule has 1 N–H and O–H groups in total. The molecule has 2 aromatic rings. The highest BCUT2D eigenvalue weighted by molar-refractivity contribution is 9.10. The molecule has 106 valence electrons. The summed E-state index contributed by atoms with van der Waals surface area (Å²) in [6.45, 7) is 4.11. The lowest BCUT2D eigenvalue weighted by molar-refractivity contribution is 0.494. The molecule has 4 heteroatoms. The van der Waals surface area contributed by atoms with Crippen LogP contribution in [0.3, 0.4) is 0 Å². The third-order valence-electron chi connectivity index (χ3n) is 3.28. The quantitative estimate of drug-likeness (QED) is 0.746. The van der Waals surface area contributed by atoms with Gasteiger partial charge in [-0.3, -0.25) is 0 Å². The SMILES string of the molecule is CC(NC(C)c1ccc(F)cc1Cl)c1cccc(Br)c1. The molecule has 0 heterocycles. The minimum Gasteiger partial charge on any atom is -0.304 e. The van der Waals surface area contributed by atoms with Crippen LogP contribution in [-0.4, -0.2) is 0 Å². The lowest BCUT2D eigenvalue weighted by Crippen LogP contribution is -2.22. The summed E-state index contributed by atoms with van der Waals surface area (Å²) in [5.74, 6) is -0.314. The van der Waals surface area contributed by atoms with E-state index in [1.807, 2.05) is 19.1 Å². The smallest absolute Gasteiger partial charge is 0.124 e. The normalized spacial score (nSPS) is 14.1. The molecule has 0 radical (unpaired) electrons.